The van der Waals surface area contributed by atoms with Gasteiger partial charge in [0, 0.05) is 50.8 Å². The molecule has 1 fully saturated rings. The largest absolute Gasteiger partial charge is 0.369 e. The summed E-state index contributed by atoms with van der Waals surface area (Å²) in [6, 6.07) is 12.8. The second-order valence-corrected chi connectivity index (χ2v) is 5.41. The predicted molar refractivity (Wildman–Crippen MR) is 82.9 cm³/mol. The molecule has 104 valence electrons. The second kappa shape index (κ2) is 6.06. The molecule has 20 heavy (non-hydrogen) atoms. The Morgan fingerprint density at radius 1 is 1.00 bits per heavy atom. The fourth-order valence-corrected chi connectivity index (χ4v) is 2.81. The Balaban J connectivity index is 1.59. The molecule has 0 amide bonds. The summed E-state index contributed by atoms with van der Waals surface area (Å²) >= 11 is 0. The number of anilines is 1. The van der Waals surface area contributed by atoms with Crippen molar-refractivity contribution in [2.45, 2.75) is 13.5 Å². The zero-order chi connectivity index (χ0) is 13.8. The monoisotopic (exact) mass is 267 g/mol. The minimum absolute atomic E-state index is 1.01. The molecule has 0 saturated carbocycles. The fourth-order valence-electron chi connectivity index (χ4n) is 2.81. The van der Waals surface area contributed by atoms with Crippen LogP contribution in [0, 0.1) is 6.92 Å². The van der Waals surface area contributed by atoms with Crippen LogP contribution >= 0.6 is 0 Å². The normalized spacial score (nSPS) is 16.4. The highest BCUT2D eigenvalue weighted by Gasteiger charge is 2.18. The summed E-state index contributed by atoms with van der Waals surface area (Å²) < 4.78 is 0. The molecule has 2 aromatic rings. The Labute approximate surface area is 120 Å². The molecular weight excluding hydrogens is 246 g/mol. The number of piperazine rings is 1. The van der Waals surface area contributed by atoms with Crippen LogP contribution in [0.25, 0.3) is 0 Å². The Morgan fingerprint density at radius 3 is 2.50 bits per heavy atom. The van der Waals surface area contributed by atoms with Gasteiger partial charge < -0.3 is 4.90 Å². The van der Waals surface area contributed by atoms with Gasteiger partial charge in [-0.15, -0.1) is 0 Å². The zero-order valence-corrected chi connectivity index (χ0v) is 12.0. The molecule has 0 aliphatic carbocycles. The summed E-state index contributed by atoms with van der Waals surface area (Å²) in [6.45, 7) is 7.63. The van der Waals surface area contributed by atoms with Gasteiger partial charge in [0.1, 0.15) is 0 Å². The van der Waals surface area contributed by atoms with Crippen molar-refractivity contribution in [3.8, 4) is 0 Å². The van der Waals surface area contributed by atoms with E-state index in [1.54, 1.807) is 0 Å². The van der Waals surface area contributed by atoms with E-state index >= 15 is 0 Å². The molecule has 1 saturated heterocycles. The quantitative estimate of drug-likeness (QED) is 0.852. The maximum absolute atomic E-state index is 4.19. The molecule has 0 bridgehead atoms. The number of rotatable bonds is 3. The molecule has 0 unspecified atom stereocenters. The van der Waals surface area contributed by atoms with Crippen LogP contribution in [0.5, 0.6) is 0 Å². The summed E-state index contributed by atoms with van der Waals surface area (Å²) in [5.74, 6) is 0. The van der Waals surface area contributed by atoms with Gasteiger partial charge in [0.2, 0.25) is 0 Å². The first-order valence-corrected chi connectivity index (χ1v) is 7.25. The molecule has 0 atom stereocenters. The first-order chi connectivity index (χ1) is 9.83. The van der Waals surface area contributed by atoms with Gasteiger partial charge in [-0.3, -0.25) is 9.88 Å². The van der Waals surface area contributed by atoms with Crippen molar-refractivity contribution in [3.05, 3.63) is 59.9 Å². The molecule has 3 rings (SSSR count). The maximum Gasteiger partial charge on any atom is 0.0396 e. The lowest BCUT2D eigenvalue weighted by Crippen LogP contribution is -2.46. The standard InChI is InChI=1S/C17H21N3/c1-15-5-2-3-7-17(15)20-11-9-19(10-12-20)14-16-6-4-8-18-13-16/h2-8,13H,9-12,14H2,1H3. The Bertz CT molecular complexity index is 545. The summed E-state index contributed by atoms with van der Waals surface area (Å²) in [6.07, 6.45) is 3.80. The topological polar surface area (TPSA) is 19.4 Å². The van der Waals surface area contributed by atoms with Gasteiger partial charge in [0.25, 0.3) is 0 Å². The third-order valence-electron chi connectivity index (χ3n) is 3.96. The minimum atomic E-state index is 1.01. The highest BCUT2D eigenvalue weighted by atomic mass is 15.3. The smallest absolute Gasteiger partial charge is 0.0396 e. The van der Waals surface area contributed by atoms with Crippen LogP contribution in [0.15, 0.2) is 48.8 Å². The molecule has 1 aliphatic rings. The van der Waals surface area contributed by atoms with E-state index in [0.717, 1.165) is 32.7 Å². The first-order valence-electron chi connectivity index (χ1n) is 7.25. The number of hydrogen-bond donors (Lipinski definition) is 0. The lowest BCUT2D eigenvalue weighted by atomic mass is 10.1. The van der Waals surface area contributed by atoms with Gasteiger partial charge in [0.15, 0.2) is 0 Å². The molecule has 3 heteroatoms. The third-order valence-corrected chi connectivity index (χ3v) is 3.96. The highest BCUT2D eigenvalue weighted by Crippen LogP contribution is 2.21. The number of para-hydroxylation sites is 1. The Hall–Kier alpha value is -1.87. The van der Waals surface area contributed by atoms with Crippen molar-refractivity contribution in [2.75, 3.05) is 31.1 Å². The van der Waals surface area contributed by atoms with Crippen molar-refractivity contribution in [1.29, 1.82) is 0 Å². The molecule has 3 nitrogen and oxygen atoms in total. The molecule has 1 aromatic carbocycles. The number of benzene rings is 1. The van der Waals surface area contributed by atoms with E-state index in [-0.39, 0.29) is 0 Å². The van der Waals surface area contributed by atoms with E-state index in [1.807, 2.05) is 18.5 Å². The van der Waals surface area contributed by atoms with Gasteiger partial charge in [-0.1, -0.05) is 24.3 Å². The van der Waals surface area contributed by atoms with Crippen molar-refractivity contribution < 1.29 is 0 Å². The second-order valence-electron chi connectivity index (χ2n) is 5.41. The van der Waals surface area contributed by atoms with Crippen molar-refractivity contribution in [1.82, 2.24) is 9.88 Å². The van der Waals surface area contributed by atoms with E-state index < -0.39 is 0 Å². The number of pyridine rings is 1. The molecular formula is C17H21N3. The number of aromatic nitrogens is 1. The Morgan fingerprint density at radius 2 is 1.80 bits per heavy atom. The number of hydrogen-bond acceptors (Lipinski definition) is 3. The maximum atomic E-state index is 4.19. The lowest BCUT2D eigenvalue weighted by molar-refractivity contribution is 0.249. The summed E-state index contributed by atoms with van der Waals surface area (Å²) in [5.41, 5.74) is 4.05. The third kappa shape index (κ3) is 2.99. The summed E-state index contributed by atoms with van der Waals surface area (Å²) in [5, 5.41) is 0. The Kier molecular flexibility index (Phi) is 3.97. The highest BCUT2D eigenvalue weighted by molar-refractivity contribution is 5.53. The first kappa shape index (κ1) is 13.1. The number of aryl methyl sites for hydroxylation is 1. The van der Waals surface area contributed by atoms with Crippen LogP contribution in [0.4, 0.5) is 5.69 Å². The van der Waals surface area contributed by atoms with Crippen molar-refractivity contribution in [2.24, 2.45) is 0 Å². The molecule has 0 spiro atoms. The van der Waals surface area contributed by atoms with Gasteiger partial charge >= 0.3 is 0 Å². The van der Waals surface area contributed by atoms with Crippen molar-refractivity contribution >= 4 is 5.69 Å². The van der Waals surface area contributed by atoms with Crippen LogP contribution in [0.1, 0.15) is 11.1 Å². The predicted octanol–water partition coefficient (Wildman–Crippen LogP) is 2.71. The molecule has 1 aliphatic heterocycles. The van der Waals surface area contributed by atoms with E-state index in [1.165, 1.54) is 16.8 Å². The average Bonchev–Trinajstić information content (AvgIpc) is 2.50. The molecule has 0 N–H and O–H groups in total. The average molecular weight is 267 g/mol. The minimum Gasteiger partial charge on any atom is -0.369 e. The van der Waals surface area contributed by atoms with Crippen LogP contribution in [-0.4, -0.2) is 36.1 Å². The molecule has 1 aromatic heterocycles. The van der Waals surface area contributed by atoms with E-state index in [0.29, 0.717) is 0 Å². The summed E-state index contributed by atoms with van der Waals surface area (Å²) in [7, 11) is 0. The van der Waals surface area contributed by atoms with Crippen molar-refractivity contribution in [3.63, 3.8) is 0 Å². The van der Waals surface area contributed by atoms with Gasteiger partial charge in [-0.2, -0.15) is 0 Å². The van der Waals surface area contributed by atoms with E-state index in [2.05, 4.69) is 52.0 Å². The number of nitrogens with zero attached hydrogens (tertiary/aromatic N) is 3. The van der Waals surface area contributed by atoms with E-state index in [9.17, 15) is 0 Å². The SMILES string of the molecule is Cc1ccccc1N1CCN(Cc2cccnc2)CC1. The lowest BCUT2D eigenvalue weighted by Gasteiger charge is -2.36. The van der Waals surface area contributed by atoms with Gasteiger partial charge in [-0.05, 0) is 30.2 Å². The van der Waals surface area contributed by atoms with Crippen LogP contribution < -0.4 is 4.90 Å². The van der Waals surface area contributed by atoms with Crippen LogP contribution in [0.2, 0.25) is 0 Å². The summed E-state index contributed by atoms with van der Waals surface area (Å²) in [4.78, 5) is 9.19. The zero-order valence-electron chi connectivity index (χ0n) is 12.0. The van der Waals surface area contributed by atoms with Crippen LogP contribution in [-0.2, 0) is 6.54 Å². The fraction of sp³-hybridized carbons (Fsp3) is 0.353. The molecule has 2 heterocycles. The van der Waals surface area contributed by atoms with Crippen LogP contribution in [0.3, 0.4) is 0 Å². The molecule has 0 radical (unpaired) electrons. The van der Waals surface area contributed by atoms with Gasteiger partial charge in [-0.25, -0.2) is 0 Å². The van der Waals surface area contributed by atoms with E-state index in [4.69, 9.17) is 0 Å². The van der Waals surface area contributed by atoms with Gasteiger partial charge in [0.05, 0.1) is 0 Å².